The Hall–Kier alpha value is -3.26. The smallest absolute Gasteiger partial charge is 0.267 e. The average molecular weight is 343 g/mol. The first kappa shape index (κ1) is 15.6. The summed E-state index contributed by atoms with van der Waals surface area (Å²) in [5.41, 5.74) is 5.87. The standard InChI is InChI=1S/C15H11ClN6O2/c16-11-7-5-10(6-8-11)14(23)18-19-15(24)12-3-1-2-4-13(12)22-9-17-20-21-22/h1-9H,(H,18,23)(H,19,24). The monoisotopic (exact) mass is 342 g/mol. The molecule has 8 nitrogen and oxygen atoms in total. The Bertz CT molecular complexity index is 864. The van der Waals surface area contributed by atoms with Crippen molar-refractivity contribution in [1.29, 1.82) is 0 Å². The number of halogens is 1. The third-order valence-corrected chi connectivity index (χ3v) is 3.39. The lowest BCUT2D eigenvalue weighted by Gasteiger charge is -2.10. The average Bonchev–Trinajstić information content (AvgIpc) is 3.14. The topological polar surface area (TPSA) is 102 Å². The molecule has 3 aromatic rings. The zero-order valence-corrected chi connectivity index (χ0v) is 12.9. The van der Waals surface area contributed by atoms with E-state index in [1.165, 1.54) is 11.0 Å². The maximum atomic E-state index is 12.3. The molecule has 0 bridgehead atoms. The van der Waals surface area contributed by atoms with Crippen LogP contribution in [0.25, 0.3) is 5.69 Å². The lowest BCUT2D eigenvalue weighted by Crippen LogP contribution is -2.42. The highest BCUT2D eigenvalue weighted by Crippen LogP contribution is 2.12. The van der Waals surface area contributed by atoms with E-state index in [1.54, 1.807) is 48.5 Å². The second-order valence-corrected chi connectivity index (χ2v) is 5.12. The maximum absolute atomic E-state index is 12.3. The van der Waals surface area contributed by atoms with Crippen molar-refractivity contribution in [2.45, 2.75) is 0 Å². The first-order chi connectivity index (χ1) is 11.6. The van der Waals surface area contributed by atoms with Crippen molar-refractivity contribution in [1.82, 2.24) is 31.1 Å². The van der Waals surface area contributed by atoms with Crippen LogP contribution in [0.5, 0.6) is 0 Å². The van der Waals surface area contributed by atoms with Gasteiger partial charge in [-0.2, -0.15) is 4.68 Å². The van der Waals surface area contributed by atoms with Crippen molar-refractivity contribution in [2.24, 2.45) is 0 Å². The molecule has 0 spiro atoms. The summed E-state index contributed by atoms with van der Waals surface area (Å²) in [4.78, 5) is 24.3. The van der Waals surface area contributed by atoms with Gasteiger partial charge < -0.3 is 0 Å². The van der Waals surface area contributed by atoms with E-state index < -0.39 is 11.8 Å². The highest BCUT2D eigenvalue weighted by atomic mass is 35.5. The van der Waals surface area contributed by atoms with Crippen molar-refractivity contribution in [3.05, 3.63) is 71.0 Å². The third kappa shape index (κ3) is 3.39. The predicted octanol–water partition coefficient (Wildman–Crippen LogP) is 1.39. The molecule has 1 aromatic heterocycles. The SMILES string of the molecule is O=C(NNC(=O)c1ccccc1-n1cnnn1)c1ccc(Cl)cc1. The Balaban J connectivity index is 1.72. The molecular weight excluding hydrogens is 332 g/mol. The molecule has 120 valence electrons. The van der Waals surface area contributed by atoms with E-state index in [-0.39, 0.29) is 0 Å². The first-order valence-corrected chi connectivity index (χ1v) is 7.21. The van der Waals surface area contributed by atoms with Crippen LogP contribution in [0.3, 0.4) is 0 Å². The molecule has 0 aliphatic heterocycles. The van der Waals surface area contributed by atoms with Crippen LogP contribution in [0.1, 0.15) is 20.7 Å². The molecule has 0 aliphatic carbocycles. The molecule has 0 saturated carbocycles. The van der Waals surface area contributed by atoms with E-state index in [9.17, 15) is 9.59 Å². The van der Waals surface area contributed by atoms with Gasteiger partial charge in [-0.15, -0.1) is 5.10 Å². The van der Waals surface area contributed by atoms with E-state index in [1.807, 2.05) is 0 Å². The molecule has 0 atom stereocenters. The molecule has 9 heteroatoms. The Kier molecular flexibility index (Phi) is 4.48. The number of rotatable bonds is 3. The number of carbonyl (C=O) groups is 2. The summed E-state index contributed by atoms with van der Waals surface area (Å²) in [6.07, 6.45) is 1.37. The lowest BCUT2D eigenvalue weighted by molar-refractivity contribution is 0.0846. The van der Waals surface area contributed by atoms with Crippen LogP contribution >= 0.6 is 11.6 Å². The molecule has 2 amide bonds. The molecule has 0 unspecified atom stereocenters. The molecular formula is C15H11ClN6O2. The molecule has 0 saturated heterocycles. The summed E-state index contributed by atoms with van der Waals surface area (Å²) in [7, 11) is 0. The number of aromatic nitrogens is 4. The maximum Gasteiger partial charge on any atom is 0.271 e. The Morgan fingerprint density at radius 2 is 1.67 bits per heavy atom. The number of hydrogen-bond donors (Lipinski definition) is 2. The van der Waals surface area contributed by atoms with Crippen LogP contribution in [0.4, 0.5) is 0 Å². The van der Waals surface area contributed by atoms with Gasteiger partial charge in [0.1, 0.15) is 6.33 Å². The minimum absolute atomic E-state index is 0.307. The van der Waals surface area contributed by atoms with Gasteiger partial charge in [-0.25, -0.2) is 0 Å². The number of amides is 2. The van der Waals surface area contributed by atoms with Crippen LogP contribution in [0.15, 0.2) is 54.9 Å². The molecule has 1 heterocycles. The van der Waals surface area contributed by atoms with Gasteiger partial charge in [0.2, 0.25) is 0 Å². The van der Waals surface area contributed by atoms with Gasteiger partial charge in [0.05, 0.1) is 11.3 Å². The van der Waals surface area contributed by atoms with Gasteiger partial charge in [-0.3, -0.25) is 20.4 Å². The molecule has 0 fully saturated rings. The van der Waals surface area contributed by atoms with E-state index in [4.69, 9.17) is 11.6 Å². The van der Waals surface area contributed by atoms with Crippen molar-refractivity contribution in [3.8, 4) is 5.69 Å². The molecule has 0 radical (unpaired) electrons. The number of hydrazine groups is 1. The number of nitrogens with one attached hydrogen (secondary N) is 2. The van der Waals surface area contributed by atoms with Gasteiger partial charge in [-0.1, -0.05) is 23.7 Å². The lowest BCUT2D eigenvalue weighted by atomic mass is 10.1. The summed E-state index contributed by atoms with van der Waals surface area (Å²) >= 11 is 5.77. The van der Waals surface area contributed by atoms with E-state index in [2.05, 4.69) is 26.4 Å². The second-order valence-electron chi connectivity index (χ2n) is 4.69. The Morgan fingerprint density at radius 1 is 0.958 bits per heavy atom. The predicted molar refractivity (Wildman–Crippen MR) is 85.5 cm³/mol. The van der Waals surface area contributed by atoms with Gasteiger partial charge >= 0.3 is 0 Å². The van der Waals surface area contributed by atoms with Gasteiger partial charge in [0.15, 0.2) is 0 Å². The number of benzene rings is 2. The molecule has 2 N–H and O–H groups in total. The number of hydrogen-bond acceptors (Lipinski definition) is 5. The minimum atomic E-state index is -0.497. The van der Waals surface area contributed by atoms with Gasteiger partial charge in [0.25, 0.3) is 11.8 Å². The zero-order valence-electron chi connectivity index (χ0n) is 12.2. The van der Waals surface area contributed by atoms with E-state index in [0.717, 1.165) is 0 Å². The van der Waals surface area contributed by atoms with Crippen LogP contribution in [-0.4, -0.2) is 32.0 Å². The van der Waals surface area contributed by atoms with Crippen LogP contribution in [-0.2, 0) is 0 Å². The van der Waals surface area contributed by atoms with Crippen molar-refractivity contribution >= 4 is 23.4 Å². The van der Waals surface area contributed by atoms with Crippen molar-refractivity contribution in [3.63, 3.8) is 0 Å². The summed E-state index contributed by atoms with van der Waals surface area (Å²) in [6.45, 7) is 0. The third-order valence-electron chi connectivity index (χ3n) is 3.14. The van der Waals surface area contributed by atoms with Crippen LogP contribution < -0.4 is 10.9 Å². The summed E-state index contributed by atoms with van der Waals surface area (Å²) in [5.74, 6) is -0.955. The van der Waals surface area contributed by atoms with Crippen LogP contribution in [0.2, 0.25) is 5.02 Å². The Labute approximate surface area is 141 Å². The number of carbonyl (C=O) groups excluding carboxylic acids is 2. The molecule has 24 heavy (non-hydrogen) atoms. The fraction of sp³-hybridized carbons (Fsp3) is 0. The highest BCUT2D eigenvalue weighted by molar-refractivity contribution is 6.30. The van der Waals surface area contributed by atoms with Gasteiger partial charge in [0, 0.05) is 10.6 Å². The zero-order chi connectivity index (χ0) is 16.9. The number of para-hydroxylation sites is 1. The summed E-state index contributed by atoms with van der Waals surface area (Å²) in [5, 5.41) is 11.4. The second kappa shape index (κ2) is 6.88. The molecule has 2 aromatic carbocycles. The Morgan fingerprint density at radius 3 is 2.38 bits per heavy atom. The minimum Gasteiger partial charge on any atom is -0.267 e. The van der Waals surface area contributed by atoms with Crippen molar-refractivity contribution in [2.75, 3.05) is 0 Å². The molecule has 3 rings (SSSR count). The van der Waals surface area contributed by atoms with E-state index in [0.29, 0.717) is 21.8 Å². The fourth-order valence-corrected chi connectivity index (χ4v) is 2.12. The highest BCUT2D eigenvalue weighted by Gasteiger charge is 2.14. The first-order valence-electron chi connectivity index (χ1n) is 6.84. The van der Waals surface area contributed by atoms with Gasteiger partial charge in [-0.05, 0) is 46.8 Å². The normalized spacial score (nSPS) is 10.2. The summed E-state index contributed by atoms with van der Waals surface area (Å²) < 4.78 is 1.36. The van der Waals surface area contributed by atoms with E-state index >= 15 is 0 Å². The fourth-order valence-electron chi connectivity index (χ4n) is 1.99. The van der Waals surface area contributed by atoms with Crippen molar-refractivity contribution < 1.29 is 9.59 Å². The van der Waals surface area contributed by atoms with Crippen LogP contribution in [0, 0.1) is 0 Å². The molecule has 0 aliphatic rings. The quantitative estimate of drug-likeness (QED) is 0.700. The summed E-state index contributed by atoms with van der Waals surface area (Å²) in [6, 6.07) is 13.0. The number of tetrazole rings is 1. The number of nitrogens with zero attached hydrogens (tertiary/aromatic N) is 4. The largest absolute Gasteiger partial charge is 0.271 e.